The molecule has 0 unspecified atom stereocenters. The number of nitro groups is 1. The van der Waals surface area contributed by atoms with Crippen LogP contribution in [0.2, 0.25) is 5.02 Å². The number of rotatable bonds is 7. The smallest absolute Gasteiger partial charge is 0.288 e. The van der Waals surface area contributed by atoms with Crippen LogP contribution in [0.4, 0.5) is 5.69 Å². The Morgan fingerprint density at radius 3 is 2.59 bits per heavy atom. The Bertz CT molecular complexity index is 876. The van der Waals surface area contributed by atoms with E-state index in [9.17, 15) is 14.9 Å². The van der Waals surface area contributed by atoms with E-state index >= 15 is 0 Å². The van der Waals surface area contributed by atoms with Crippen LogP contribution >= 0.6 is 11.6 Å². The van der Waals surface area contributed by atoms with E-state index in [4.69, 9.17) is 16.3 Å². The van der Waals surface area contributed by atoms with Crippen molar-refractivity contribution in [2.45, 2.75) is 25.4 Å². The third-order valence-corrected chi connectivity index (χ3v) is 4.69. The molecule has 0 spiro atoms. The molecule has 1 saturated carbocycles. The number of amides is 1. The van der Waals surface area contributed by atoms with Crippen LogP contribution in [0.3, 0.4) is 0 Å². The lowest BCUT2D eigenvalue weighted by Crippen LogP contribution is -2.31. The molecule has 0 N–H and O–H groups in total. The molecular formula is C20H19ClN2O4. The summed E-state index contributed by atoms with van der Waals surface area (Å²) >= 11 is 5.82. The van der Waals surface area contributed by atoms with Crippen molar-refractivity contribution in [2.24, 2.45) is 0 Å². The quantitative estimate of drug-likeness (QED) is 0.400. The Kier molecular flexibility index (Phi) is 5.76. The minimum Gasteiger partial charge on any atom is -0.497 e. The first-order valence-corrected chi connectivity index (χ1v) is 8.91. The zero-order valence-electron chi connectivity index (χ0n) is 14.8. The van der Waals surface area contributed by atoms with Crippen LogP contribution in [0.15, 0.2) is 48.5 Å². The standard InChI is InChI=1S/C20H19ClN2O4/c1-27-17-8-2-15(3-9-17)13-22(16-6-7-16)20(24)11-5-14-4-10-18(21)19(12-14)23(25)26/h2-5,8-12,16H,6-7,13H2,1H3/b11-5+. The SMILES string of the molecule is COc1ccc(CN(C(=O)/C=C/c2ccc(Cl)c([N+](=O)[O-])c2)C2CC2)cc1. The predicted octanol–water partition coefficient (Wildman–Crippen LogP) is 4.46. The fourth-order valence-electron chi connectivity index (χ4n) is 2.74. The monoisotopic (exact) mass is 386 g/mol. The van der Waals surface area contributed by atoms with Crippen molar-refractivity contribution in [1.82, 2.24) is 4.90 Å². The number of carbonyl (C=O) groups is 1. The Morgan fingerprint density at radius 1 is 1.30 bits per heavy atom. The molecule has 1 aliphatic carbocycles. The molecule has 7 heteroatoms. The van der Waals surface area contributed by atoms with Crippen molar-refractivity contribution < 1.29 is 14.5 Å². The largest absolute Gasteiger partial charge is 0.497 e. The molecule has 6 nitrogen and oxygen atoms in total. The van der Waals surface area contributed by atoms with Crippen LogP contribution in [0.5, 0.6) is 5.75 Å². The van der Waals surface area contributed by atoms with Gasteiger partial charge in [0.15, 0.2) is 0 Å². The van der Waals surface area contributed by atoms with Crippen LogP contribution < -0.4 is 4.74 Å². The van der Waals surface area contributed by atoms with E-state index in [2.05, 4.69) is 0 Å². The summed E-state index contributed by atoms with van der Waals surface area (Å²) in [6.45, 7) is 0.512. The number of nitrogens with zero attached hydrogens (tertiary/aromatic N) is 2. The third-order valence-electron chi connectivity index (χ3n) is 4.37. The summed E-state index contributed by atoms with van der Waals surface area (Å²) in [4.78, 5) is 24.9. The lowest BCUT2D eigenvalue weighted by atomic mass is 10.1. The fourth-order valence-corrected chi connectivity index (χ4v) is 2.92. The van der Waals surface area contributed by atoms with Crippen molar-refractivity contribution in [3.05, 3.63) is 74.8 Å². The average Bonchev–Trinajstić information content (AvgIpc) is 3.50. The van der Waals surface area contributed by atoms with E-state index in [0.29, 0.717) is 12.1 Å². The molecule has 2 aromatic rings. The van der Waals surface area contributed by atoms with Gasteiger partial charge in [0.05, 0.1) is 12.0 Å². The normalized spacial score (nSPS) is 13.6. The highest BCUT2D eigenvalue weighted by Crippen LogP contribution is 2.29. The van der Waals surface area contributed by atoms with Crippen LogP contribution in [0.1, 0.15) is 24.0 Å². The molecule has 1 fully saturated rings. The molecule has 27 heavy (non-hydrogen) atoms. The van der Waals surface area contributed by atoms with E-state index in [0.717, 1.165) is 24.2 Å². The number of hydrogen-bond donors (Lipinski definition) is 0. The zero-order chi connectivity index (χ0) is 19.4. The molecule has 0 aliphatic heterocycles. The number of ether oxygens (including phenoxy) is 1. The molecule has 3 rings (SSSR count). The van der Waals surface area contributed by atoms with Crippen LogP contribution in [-0.2, 0) is 11.3 Å². The van der Waals surface area contributed by atoms with Crippen LogP contribution in [0.25, 0.3) is 6.08 Å². The highest BCUT2D eigenvalue weighted by Gasteiger charge is 2.31. The Hall–Kier alpha value is -2.86. The van der Waals surface area contributed by atoms with Crippen molar-refractivity contribution >= 4 is 29.3 Å². The van der Waals surface area contributed by atoms with Gasteiger partial charge in [0.25, 0.3) is 5.69 Å². The summed E-state index contributed by atoms with van der Waals surface area (Å²) in [5.74, 6) is 0.651. The van der Waals surface area contributed by atoms with Crippen molar-refractivity contribution in [3.63, 3.8) is 0 Å². The summed E-state index contributed by atoms with van der Waals surface area (Å²) in [6.07, 6.45) is 5.01. The highest BCUT2D eigenvalue weighted by atomic mass is 35.5. The minimum absolute atomic E-state index is 0.0718. The average molecular weight is 387 g/mol. The second kappa shape index (κ2) is 8.22. The zero-order valence-corrected chi connectivity index (χ0v) is 15.6. The molecular weight excluding hydrogens is 368 g/mol. The summed E-state index contributed by atoms with van der Waals surface area (Å²) in [5, 5.41) is 11.1. The first-order chi connectivity index (χ1) is 13.0. The molecule has 140 valence electrons. The van der Waals surface area contributed by atoms with Gasteiger partial charge in [-0.3, -0.25) is 14.9 Å². The molecule has 2 aromatic carbocycles. The number of hydrogen-bond acceptors (Lipinski definition) is 4. The molecule has 0 heterocycles. The maximum atomic E-state index is 12.7. The van der Waals surface area contributed by atoms with Gasteiger partial charge in [-0.25, -0.2) is 0 Å². The van der Waals surface area contributed by atoms with Gasteiger partial charge in [-0.05, 0) is 48.2 Å². The van der Waals surface area contributed by atoms with Crippen molar-refractivity contribution in [2.75, 3.05) is 7.11 Å². The molecule has 0 saturated heterocycles. The Labute approximate surface area is 162 Å². The number of halogens is 1. The highest BCUT2D eigenvalue weighted by molar-refractivity contribution is 6.32. The summed E-state index contributed by atoms with van der Waals surface area (Å²) < 4.78 is 5.15. The number of carbonyl (C=O) groups excluding carboxylic acids is 1. The molecule has 1 amide bonds. The number of nitro benzene ring substituents is 1. The van der Waals surface area contributed by atoms with Gasteiger partial charge < -0.3 is 9.64 Å². The maximum absolute atomic E-state index is 12.7. The third kappa shape index (κ3) is 4.86. The lowest BCUT2D eigenvalue weighted by molar-refractivity contribution is -0.384. The van der Waals surface area contributed by atoms with Gasteiger partial charge in [-0.15, -0.1) is 0 Å². The van der Waals surface area contributed by atoms with E-state index in [1.165, 1.54) is 18.2 Å². The van der Waals surface area contributed by atoms with Gasteiger partial charge in [-0.2, -0.15) is 0 Å². The number of benzene rings is 2. The summed E-state index contributed by atoms with van der Waals surface area (Å²) in [5.41, 5.74) is 1.40. The van der Waals surface area contributed by atoms with Gasteiger partial charge in [0, 0.05) is 24.7 Å². The molecule has 0 atom stereocenters. The molecule has 0 bridgehead atoms. The summed E-state index contributed by atoms with van der Waals surface area (Å²) in [7, 11) is 1.61. The van der Waals surface area contributed by atoms with E-state index < -0.39 is 4.92 Å². The van der Waals surface area contributed by atoms with Crippen molar-refractivity contribution in [3.8, 4) is 5.75 Å². The second-order valence-corrected chi connectivity index (χ2v) is 6.75. The predicted molar refractivity (Wildman–Crippen MR) is 104 cm³/mol. The van der Waals surface area contributed by atoms with Gasteiger partial charge in [0.1, 0.15) is 10.8 Å². The summed E-state index contributed by atoms with van der Waals surface area (Å²) in [6, 6.07) is 12.3. The first kappa shape index (κ1) is 18.9. The molecule has 1 aliphatic rings. The van der Waals surface area contributed by atoms with E-state index in [1.807, 2.05) is 29.2 Å². The van der Waals surface area contributed by atoms with Crippen LogP contribution in [0, 0.1) is 10.1 Å². The van der Waals surface area contributed by atoms with Gasteiger partial charge in [-0.1, -0.05) is 29.8 Å². The van der Waals surface area contributed by atoms with Crippen molar-refractivity contribution in [1.29, 1.82) is 0 Å². The second-order valence-electron chi connectivity index (χ2n) is 6.35. The van der Waals surface area contributed by atoms with Gasteiger partial charge >= 0.3 is 0 Å². The van der Waals surface area contributed by atoms with E-state index in [1.54, 1.807) is 19.3 Å². The molecule has 0 radical (unpaired) electrons. The minimum atomic E-state index is -0.540. The van der Waals surface area contributed by atoms with Gasteiger partial charge in [0.2, 0.25) is 5.91 Å². The van der Waals surface area contributed by atoms with E-state index in [-0.39, 0.29) is 22.7 Å². The topological polar surface area (TPSA) is 72.7 Å². The van der Waals surface area contributed by atoms with Crippen LogP contribution in [-0.4, -0.2) is 28.9 Å². The number of methoxy groups -OCH3 is 1. The fraction of sp³-hybridized carbons (Fsp3) is 0.250. The lowest BCUT2D eigenvalue weighted by Gasteiger charge is -2.21. The Morgan fingerprint density at radius 2 is 2.00 bits per heavy atom. The first-order valence-electron chi connectivity index (χ1n) is 8.53. The maximum Gasteiger partial charge on any atom is 0.288 e. The Balaban J connectivity index is 1.72. The molecule has 0 aromatic heterocycles.